The Kier molecular flexibility index (Phi) is 5.81. The Labute approximate surface area is 162 Å². The Bertz CT molecular complexity index is 1010. The molecule has 0 atom stereocenters. The highest BCUT2D eigenvalue weighted by atomic mass is 32.2. The maximum absolute atomic E-state index is 12.4. The van der Waals surface area contributed by atoms with Crippen molar-refractivity contribution < 1.29 is 13.3 Å². The van der Waals surface area contributed by atoms with Gasteiger partial charge in [-0.3, -0.25) is 10.1 Å². The quantitative estimate of drug-likeness (QED) is 0.565. The number of non-ortho nitro benzene ring substituents is 1. The van der Waals surface area contributed by atoms with E-state index in [1.54, 1.807) is 0 Å². The average Bonchev–Trinajstić information content (AvgIpc) is 2.73. The van der Waals surface area contributed by atoms with E-state index < -0.39 is 14.9 Å². The lowest BCUT2D eigenvalue weighted by molar-refractivity contribution is -0.385. The summed E-state index contributed by atoms with van der Waals surface area (Å²) in [6, 6.07) is 6.99. The zero-order valence-electron chi connectivity index (χ0n) is 14.9. The minimum absolute atomic E-state index is 0.118. The van der Waals surface area contributed by atoms with Crippen LogP contribution in [0.5, 0.6) is 0 Å². The molecule has 1 fully saturated rings. The molecule has 0 unspecified atom stereocenters. The Morgan fingerprint density at radius 1 is 1.29 bits per heavy atom. The van der Waals surface area contributed by atoms with E-state index in [9.17, 15) is 18.5 Å². The predicted octanol–water partition coefficient (Wildman–Crippen LogP) is 1.45. The van der Waals surface area contributed by atoms with Crippen molar-refractivity contribution >= 4 is 21.5 Å². The number of benzene rings is 1. The van der Waals surface area contributed by atoms with Gasteiger partial charge < -0.3 is 4.90 Å². The van der Waals surface area contributed by atoms with Gasteiger partial charge in [0.25, 0.3) is 5.69 Å². The first-order valence-corrected chi connectivity index (χ1v) is 10.1. The maximum Gasteiger partial charge on any atom is 0.270 e. The standard InChI is InChI=1S/C17H18N6O4S/c18-11-16-17(20-7-6-19-16)22-8-4-13(5-9-22)12-21-28(26,27)15-3-1-2-14(10-15)23(24)25/h1-3,6-7,10,13,21H,4-5,8-9,12H2. The van der Waals surface area contributed by atoms with Gasteiger partial charge in [-0.15, -0.1) is 0 Å². The van der Waals surface area contributed by atoms with Gasteiger partial charge in [-0.05, 0) is 24.8 Å². The number of anilines is 1. The lowest BCUT2D eigenvalue weighted by atomic mass is 9.97. The summed E-state index contributed by atoms with van der Waals surface area (Å²) in [6.07, 6.45) is 4.45. The molecule has 1 saturated heterocycles. The number of piperidine rings is 1. The largest absolute Gasteiger partial charge is 0.354 e. The summed E-state index contributed by atoms with van der Waals surface area (Å²) >= 11 is 0. The molecular formula is C17H18N6O4S. The molecule has 0 amide bonds. The number of sulfonamides is 1. The molecule has 2 heterocycles. The molecule has 1 aromatic carbocycles. The van der Waals surface area contributed by atoms with Crippen LogP contribution in [0.2, 0.25) is 0 Å². The van der Waals surface area contributed by atoms with Crippen LogP contribution in [0.1, 0.15) is 18.5 Å². The number of hydrogen-bond acceptors (Lipinski definition) is 8. The van der Waals surface area contributed by atoms with Crippen LogP contribution in [-0.2, 0) is 10.0 Å². The monoisotopic (exact) mass is 402 g/mol. The molecule has 0 saturated carbocycles. The van der Waals surface area contributed by atoms with Crippen molar-refractivity contribution in [2.24, 2.45) is 5.92 Å². The summed E-state index contributed by atoms with van der Waals surface area (Å²) in [5.74, 6) is 0.660. The molecule has 146 valence electrons. The number of nitriles is 1. The van der Waals surface area contributed by atoms with Gasteiger partial charge in [-0.1, -0.05) is 6.07 Å². The SMILES string of the molecule is N#Cc1nccnc1N1CCC(CNS(=O)(=O)c2cccc([N+](=O)[O-])c2)CC1. The van der Waals surface area contributed by atoms with Crippen molar-refractivity contribution in [2.45, 2.75) is 17.7 Å². The first-order chi connectivity index (χ1) is 13.4. The molecule has 3 rings (SSSR count). The molecule has 0 radical (unpaired) electrons. The third-order valence-corrected chi connectivity index (χ3v) is 6.02. The van der Waals surface area contributed by atoms with Crippen LogP contribution in [0.15, 0.2) is 41.6 Å². The lowest BCUT2D eigenvalue weighted by Gasteiger charge is -2.32. The first kappa shape index (κ1) is 19.7. The smallest absolute Gasteiger partial charge is 0.270 e. The molecule has 10 nitrogen and oxygen atoms in total. The van der Waals surface area contributed by atoms with Gasteiger partial charge in [0.2, 0.25) is 10.0 Å². The highest BCUT2D eigenvalue weighted by molar-refractivity contribution is 7.89. The first-order valence-electron chi connectivity index (χ1n) is 8.61. The number of hydrogen-bond donors (Lipinski definition) is 1. The molecule has 0 spiro atoms. The molecule has 1 aliphatic heterocycles. The van der Waals surface area contributed by atoms with Crippen molar-refractivity contribution in [1.82, 2.24) is 14.7 Å². The number of nitro groups is 1. The van der Waals surface area contributed by atoms with Crippen LogP contribution in [0, 0.1) is 27.4 Å². The summed E-state index contributed by atoms with van der Waals surface area (Å²) in [4.78, 5) is 20.3. The molecule has 0 bridgehead atoms. The molecular weight excluding hydrogens is 384 g/mol. The molecule has 1 N–H and O–H groups in total. The van der Waals surface area contributed by atoms with Gasteiger partial charge in [-0.25, -0.2) is 23.1 Å². The fraction of sp³-hybridized carbons (Fsp3) is 0.353. The van der Waals surface area contributed by atoms with E-state index in [1.807, 2.05) is 11.0 Å². The molecule has 2 aromatic rings. The van der Waals surface area contributed by atoms with Crippen LogP contribution in [0.25, 0.3) is 0 Å². The third kappa shape index (κ3) is 4.41. The second-order valence-corrected chi connectivity index (χ2v) is 8.14. The van der Waals surface area contributed by atoms with E-state index in [2.05, 4.69) is 14.7 Å². The predicted molar refractivity (Wildman–Crippen MR) is 100.0 cm³/mol. The van der Waals surface area contributed by atoms with Gasteiger partial charge in [0.1, 0.15) is 6.07 Å². The zero-order valence-corrected chi connectivity index (χ0v) is 15.7. The van der Waals surface area contributed by atoms with Gasteiger partial charge in [0.15, 0.2) is 11.5 Å². The fourth-order valence-electron chi connectivity index (χ4n) is 3.06. The van der Waals surface area contributed by atoms with Crippen LogP contribution in [-0.4, -0.2) is 42.9 Å². The van der Waals surface area contributed by atoms with Crippen molar-refractivity contribution in [3.05, 3.63) is 52.5 Å². The third-order valence-electron chi connectivity index (χ3n) is 4.60. The zero-order chi connectivity index (χ0) is 20.1. The van der Waals surface area contributed by atoms with E-state index in [4.69, 9.17) is 5.26 Å². The van der Waals surface area contributed by atoms with E-state index in [1.165, 1.54) is 30.6 Å². The Morgan fingerprint density at radius 3 is 2.68 bits per heavy atom. The maximum atomic E-state index is 12.4. The van der Waals surface area contributed by atoms with Crippen LogP contribution < -0.4 is 9.62 Å². The Hall–Kier alpha value is -3.10. The van der Waals surface area contributed by atoms with Gasteiger partial charge in [0.05, 0.1) is 9.82 Å². The summed E-state index contributed by atoms with van der Waals surface area (Å²) in [7, 11) is -3.83. The van der Waals surface area contributed by atoms with E-state index >= 15 is 0 Å². The highest BCUT2D eigenvalue weighted by Crippen LogP contribution is 2.23. The van der Waals surface area contributed by atoms with Crippen LogP contribution >= 0.6 is 0 Å². The molecule has 0 aliphatic carbocycles. The molecule has 28 heavy (non-hydrogen) atoms. The molecule has 1 aliphatic rings. The highest BCUT2D eigenvalue weighted by Gasteiger charge is 2.24. The number of aromatic nitrogens is 2. The van der Waals surface area contributed by atoms with Crippen LogP contribution in [0.3, 0.4) is 0 Å². The number of nitrogens with zero attached hydrogens (tertiary/aromatic N) is 5. The summed E-state index contributed by atoms with van der Waals surface area (Å²) in [6.45, 7) is 1.51. The van der Waals surface area contributed by atoms with Crippen molar-refractivity contribution in [3.8, 4) is 6.07 Å². The number of nitro benzene ring substituents is 1. The minimum atomic E-state index is -3.83. The molecule has 11 heteroatoms. The Morgan fingerprint density at radius 2 is 2.00 bits per heavy atom. The normalized spacial score (nSPS) is 15.2. The number of nitrogens with one attached hydrogen (secondary N) is 1. The lowest BCUT2D eigenvalue weighted by Crippen LogP contribution is -2.39. The van der Waals surface area contributed by atoms with E-state index in [0.29, 0.717) is 18.9 Å². The minimum Gasteiger partial charge on any atom is -0.354 e. The van der Waals surface area contributed by atoms with Crippen molar-refractivity contribution in [2.75, 3.05) is 24.5 Å². The second kappa shape index (κ2) is 8.28. The van der Waals surface area contributed by atoms with Crippen LogP contribution in [0.4, 0.5) is 11.5 Å². The van der Waals surface area contributed by atoms with Gasteiger partial charge >= 0.3 is 0 Å². The summed E-state index contributed by atoms with van der Waals surface area (Å²) < 4.78 is 27.4. The molecule has 1 aromatic heterocycles. The second-order valence-electron chi connectivity index (χ2n) is 6.38. The van der Waals surface area contributed by atoms with E-state index in [0.717, 1.165) is 18.9 Å². The number of rotatable bonds is 6. The van der Waals surface area contributed by atoms with E-state index in [-0.39, 0.29) is 28.7 Å². The topological polar surface area (TPSA) is 142 Å². The van der Waals surface area contributed by atoms with Crippen molar-refractivity contribution in [1.29, 1.82) is 5.26 Å². The van der Waals surface area contributed by atoms with Gasteiger partial charge in [0, 0.05) is 44.2 Å². The summed E-state index contributed by atoms with van der Waals surface area (Å²) in [5, 5.41) is 20.0. The fourth-order valence-corrected chi connectivity index (χ4v) is 4.22. The van der Waals surface area contributed by atoms with Gasteiger partial charge in [-0.2, -0.15) is 5.26 Å². The summed E-state index contributed by atoms with van der Waals surface area (Å²) in [5.41, 5.74) is 0.000718. The Balaban J connectivity index is 1.59. The van der Waals surface area contributed by atoms with Crippen molar-refractivity contribution in [3.63, 3.8) is 0 Å². The average molecular weight is 402 g/mol.